The van der Waals surface area contributed by atoms with Crippen LogP contribution in [0.5, 0.6) is 0 Å². The summed E-state index contributed by atoms with van der Waals surface area (Å²) in [6, 6.07) is 4.41. The second-order valence-corrected chi connectivity index (χ2v) is 9.59. The van der Waals surface area contributed by atoms with E-state index < -0.39 is 33.6 Å². The molecule has 0 saturated carbocycles. The van der Waals surface area contributed by atoms with Crippen LogP contribution in [0.1, 0.15) is 29.3 Å². The molecule has 0 bridgehead atoms. The molecule has 1 aromatic heterocycles. The Morgan fingerprint density at radius 3 is 2.58 bits per heavy atom. The molecule has 1 amide bonds. The van der Waals surface area contributed by atoms with E-state index in [-0.39, 0.29) is 28.4 Å². The van der Waals surface area contributed by atoms with Crippen LogP contribution >= 0.6 is 11.8 Å². The summed E-state index contributed by atoms with van der Waals surface area (Å²) in [5.41, 5.74) is -0.829. The van der Waals surface area contributed by atoms with Crippen LogP contribution in [0.15, 0.2) is 35.4 Å². The summed E-state index contributed by atoms with van der Waals surface area (Å²) in [6.07, 6.45) is 4.03. The number of thioether (sulfide) groups is 1. The number of carbonyl (C=O) groups excluding carboxylic acids is 1. The molecule has 0 fully saturated rings. The molecule has 2 rings (SSSR count). The number of sulfonamides is 1. The number of hydrogen-bond donors (Lipinski definition) is 2. The zero-order valence-electron chi connectivity index (χ0n) is 17.5. The Morgan fingerprint density at radius 2 is 2.00 bits per heavy atom. The molecule has 0 aliphatic rings. The normalized spacial score (nSPS) is 11.9. The van der Waals surface area contributed by atoms with Crippen LogP contribution in [0.3, 0.4) is 0 Å². The first-order valence-electron chi connectivity index (χ1n) is 9.27. The molecule has 0 saturated heterocycles. The highest BCUT2D eigenvalue weighted by Crippen LogP contribution is 2.31. The molecule has 0 radical (unpaired) electrons. The van der Waals surface area contributed by atoms with Gasteiger partial charge in [0.1, 0.15) is 16.5 Å². The van der Waals surface area contributed by atoms with Crippen molar-refractivity contribution < 1.29 is 30.8 Å². The fourth-order valence-corrected chi connectivity index (χ4v) is 3.89. The molecule has 0 unspecified atom stereocenters. The number of hydrogen-bond acceptors (Lipinski definition) is 5. The third-order valence-corrected chi connectivity index (χ3v) is 5.40. The van der Waals surface area contributed by atoms with E-state index in [1.54, 1.807) is 6.92 Å². The molecule has 0 aliphatic heterocycles. The van der Waals surface area contributed by atoms with Crippen LogP contribution in [-0.2, 0) is 27.5 Å². The van der Waals surface area contributed by atoms with E-state index >= 15 is 0 Å². The van der Waals surface area contributed by atoms with Gasteiger partial charge in [0.15, 0.2) is 0 Å². The molecule has 2 N–H and O–H groups in total. The van der Waals surface area contributed by atoms with Crippen molar-refractivity contribution in [3.8, 4) is 12.3 Å². The number of halogens is 4. The van der Waals surface area contributed by atoms with Gasteiger partial charge in [-0.1, -0.05) is 18.9 Å². The average molecular weight is 502 g/mol. The lowest BCUT2D eigenvalue weighted by atomic mass is 10.1. The number of nitrogens with zero attached hydrogens (tertiary/aromatic N) is 1. The highest BCUT2D eigenvalue weighted by molar-refractivity contribution is 7.99. The van der Waals surface area contributed by atoms with Crippen LogP contribution in [0, 0.1) is 18.2 Å². The summed E-state index contributed by atoms with van der Waals surface area (Å²) in [4.78, 5) is 15.8. The van der Waals surface area contributed by atoms with E-state index in [9.17, 15) is 30.8 Å². The lowest BCUT2D eigenvalue weighted by Gasteiger charge is -2.11. The van der Waals surface area contributed by atoms with Crippen molar-refractivity contribution in [2.24, 2.45) is 0 Å². The Hall–Kier alpha value is -3.04. The van der Waals surface area contributed by atoms with Gasteiger partial charge in [-0.25, -0.2) is 17.8 Å². The molecule has 1 aromatic carbocycles. The predicted octanol–water partition coefficient (Wildman–Crippen LogP) is 4.03. The highest BCUT2D eigenvalue weighted by atomic mass is 32.2. The van der Waals surface area contributed by atoms with Gasteiger partial charge in [0.05, 0.1) is 17.5 Å². The third kappa shape index (κ3) is 7.80. The molecule has 33 heavy (non-hydrogen) atoms. The van der Waals surface area contributed by atoms with Gasteiger partial charge in [-0.2, -0.15) is 13.2 Å². The third-order valence-electron chi connectivity index (χ3n) is 3.94. The molecular formula is C21H19F4N3O3S2. The Kier molecular flexibility index (Phi) is 8.51. The van der Waals surface area contributed by atoms with E-state index in [0.717, 1.165) is 36.2 Å². The van der Waals surface area contributed by atoms with Gasteiger partial charge in [0.25, 0.3) is 0 Å². The van der Waals surface area contributed by atoms with Crippen molar-refractivity contribution >= 4 is 39.5 Å². The van der Waals surface area contributed by atoms with E-state index in [1.807, 2.05) is 4.72 Å². The molecule has 176 valence electrons. The van der Waals surface area contributed by atoms with Crippen LogP contribution in [0.2, 0.25) is 0 Å². The number of aromatic nitrogens is 1. The number of terminal acetylenes is 1. The molecule has 0 spiro atoms. The number of nitrogens with one attached hydrogen (secondary N) is 2. The van der Waals surface area contributed by atoms with Gasteiger partial charge in [-0.05, 0) is 35.6 Å². The van der Waals surface area contributed by atoms with E-state index in [0.29, 0.717) is 11.3 Å². The molecule has 0 atom stereocenters. The number of amides is 1. The van der Waals surface area contributed by atoms with Crippen LogP contribution in [0.4, 0.5) is 23.2 Å². The maximum Gasteiger partial charge on any atom is 0.433 e. The van der Waals surface area contributed by atoms with Gasteiger partial charge in [-0.3, -0.25) is 9.52 Å². The maximum absolute atomic E-state index is 14.3. The first-order valence-corrected chi connectivity index (χ1v) is 12.2. The Bertz CT molecular complexity index is 1220. The zero-order chi connectivity index (χ0) is 24.8. The predicted molar refractivity (Wildman–Crippen MR) is 119 cm³/mol. The number of pyridine rings is 1. The molecule has 0 aliphatic carbocycles. The SMILES string of the molecule is C#Cc1cc(CNC(=O)/C=C/c2ccc(C(F)(F)F)nc2SCC)cc(F)c1NS(C)(=O)=O. The largest absolute Gasteiger partial charge is 0.433 e. The summed E-state index contributed by atoms with van der Waals surface area (Å²) in [5, 5.41) is 2.63. The van der Waals surface area contributed by atoms with Crippen LogP contribution in [0.25, 0.3) is 6.08 Å². The summed E-state index contributed by atoms with van der Waals surface area (Å²) >= 11 is 1.10. The number of carbonyl (C=O) groups is 1. The van der Waals surface area contributed by atoms with Gasteiger partial charge < -0.3 is 5.32 Å². The van der Waals surface area contributed by atoms with Crippen molar-refractivity contribution in [2.75, 3.05) is 16.7 Å². The van der Waals surface area contributed by atoms with Gasteiger partial charge in [0, 0.05) is 18.2 Å². The smallest absolute Gasteiger partial charge is 0.348 e. The molecule has 6 nitrogen and oxygen atoms in total. The van der Waals surface area contributed by atoms with Gasteiger partial charge in [-0.15, -0.1) is 18.2 Å². The Morgan fingerprint density at radius 1 is 1.30 bits per heavy atom. The van der Waals surface area contributed by atoms with E-state index in [1.165, 1.54) is 18.2 Å². The quantitative estimate of drug-likeness (QED) is 0.247. The molecular weight excluding hydrogens is 482 g/mol. The van der Waals surface area contributed by atoms with E-state index in [2.05, 4.69) is 16.2 Å². The maximum atomic E-state index is 14.3. The summed E-state index contributed by atoms with van der Waals surface area (Å²) in [5.74, 6) is 1.16. The minimum atomic E-state index is -4.58. The monoisotopic (exact) mass is 501 g/mol. The summed E-state index contributed by atoms with van der Waals surface area (Å²) in [6.45, 7) is 1.63. The zero-order valence-corrected chi connectivity index (χ0v) is 19.1. The second-order valence-electron chi connectivity index (χ2n) is 6.59. The lowest BCUT2D eigenvalue weighted by Crippen LogP contribution is -2.21. The summed E-state index contributed by atoms with van der Waals surface area (Å²) in [7, 11) is -3.76. The summed E-state index contributed by atoms with van der Waals surface area (Å²) < 4.78 is 77.7. The van der Waals surface area contributed by atoms with Crippen molar-refractivity contribution in [2.45, 2.75) is 24.7 Å². The standard InChI is InChI=1S/C21H19F4N3O3S2/c1-4-14-10-13(11-16(22)19(14)28-33(3,30)31)12-26-18(29)9-7-15-6-8-17(21(23,24)25)27-20(15)32-5-2/h1,6-11,28H,5,12H2,2-3H3,(H,26,29)/b9-7+. The first-order chi connectivity index (χ1) is 15.3. The second kappa shape index (κ2) is 10.7. The fraction of sp³-hybridized carbons (Fsp3) is 0.238. The fourth-order valence-electron chi connectivity index (χ4n) is 2.57. The van der Waals surface area contributed by atoms with Crippen LogP contribution in [-0.4, -0.2) is 31.3 Å². The molecule has 12 heteroatoms. The first kappa shape index (κ1) is 26.2. The topological polar surface area (TPSA) is 88.2 Å². The van der Waals surface area contributed by atoms with Gasteiger partial charge >= 0.3 is 6.18 Å². The minimum absolute atomic E-state index is 0.0442. The van der Waals surface area contributed by atoms with E-state index in [4.69, 9.17) is 6.42 Å². The lowest BCUT2D eigenvalue weighted by molar-refractivity contribution is -0.141. The Labute approximate surface area is 192 Å². The van der Waals surface area contributed by atoms with Gasteiger partial charge in [0.2, 0.25) is 15.9 Å². The number of rotatable bonds is 8. The number of benzene rings is 1. The molecule has 1 heterocycles. The number of alkyl halides is 3. The van der Waals surface area contributed by atoms with Crippen molar-refractivity contribution in [3.05, 3.63) is 58.5 Å². The average Bonchev–Trinajstić information content (AvgIpc) is 2.71. The van der Waals surface area contributed by atoms with Crippen molar-refractivity contribution in [3.63, 3.8) is 0 Å². The highest BCUT2D eigenvalue weighted by Gasteiger charge is 2.32. The Balaban J connectivity index is 2.15. The van der Waals surface area contributed by atoms with Crippen molar-refractivity contribution in [1.29, 1.82) is 0 Å². The number of anilines is 1. The van der Waals surface area contributed by atoms with Crippen molar-refractivity contribution in [1.82, 2.24) is 10.3 Å². The molecule has 2 aromatic rings. The van der Waals surface area contributed by atoms with Crippen LogP contribution < -0.4 is 10.0 Å². The minimum Gasteiger partial charge on any atom is -0.348 e.